The van der Waals surface area contributed by atoms with Crippen LogP contribution in [-0.4, -0.2) is 36.9 Å². The van der Waals surface area contributed by atoms with Crippen LogP contribution in [0.25, 0.3) is 0 Å². The molecule has 0 unspecified atom stereocenters. The minimum Gasteiger partial charge on any atom is -0.478 e. The zero-order chi connectivity index (χ0) is 14.8. The van der Waals surface area contributed by atoms with Crippen LogP contribution in [0.2, 0.25) is 0 Å². The van der Waals surface area contributed by atoms with Crippen molar-refractivity contribution in [2.24, 2.45) is 0 Å². The molecule has 0 aliphatic heterocycles. The van der Waals surface area contributed by atoms with Crippen LogP contribution >= 0.6 is 15.9 Å². The van der Waals surface area contributed by atoms with Crippen molar-refractivity contribution in [3.63, 3.8) is 0 Å². The van der Waals surface area contributed by atoms with E-state index >= 15 is 0 Å². The lowest BCUT2D eigenvalue weighted by molar-refractivity contribution is 0.0695. The van der Waals surface area contributed by atoms with Crippen molar-refractivity contribution in [1.29, 1.82) is 0 Å². The molecule has 0 spiro atoms. The molecule has 0 aliphatic carbocycles. The molecule has 1 rings (SSSR count). The van der Waals surface area contributed by atoms with Gasteiger partial charge in [-0.1, -0.05) is 29.8 Å². The fourth-order valence-corrected chi connectivity index (χ4v) is 3.86. The van der Waals surface area contributed by atoms with Gasteiger partial charge in [0, 0.05) is 17.6 Å². The average Bonchev–Trinajstić information content (AvgIpc) is 2.33. The molecule has 0 saturated carbocycles. The number of nitrogens with zero attached hydrogens (tertiary/aromatic N) is 1. The molecule has 7 heteroatoms. The number of carbonyl (C=O) groups is 1. The standard InChI is InChI=1S/C12H16BrNO4S/c1-4-14(5-2)19(17,18)9-6-10(12(15)16)8(3)11(13)7-9/h6-7H,4-5H2,1-3H3,(H,15,16). The highest BCUT2D eigenvalue weighted by Gasteiger charge is 2.24. The van der Waals surface area contributed by atoms with Crippen molar-refractivity contribution in [2.75, 3.05) is 13.1 Å². The Morgan fingerprint density at radius 2 is 1.84 bits per heavy atom. The zero-order valence-electron chi connectivity index (χ0n) is 11.0. The van der Waals surface area contributed by atoms with Gasteiger partial charge in [0.1, 0.15) is 0 Å². The molecule has 0 radical (unpaired) electrons. The lowest BCUT2D eigenvalue weighted by Crippen LogP contribution is -2.30. The Hall–Kier alpha value is -0.920. The molecule has 0 aliphatic rings. The minimum atomic E-state index is -3.66. The van der Waals surface area contributed by atoms with Crippen LogP contribution < -0.4 is 0 Å². The summed E-state index contributed by atoms with van der Waals surface area (Å²) >= 11 is 3.20. The van der Waals surface area contributed by atoms with E-state index in [-0.39, 0.29) is 10.5 Å². The van der Waals surface area contributed by atoms with Gasteiger partial charge in [-0.2, -0.15) is 4.31 Å². The Balaban J connectivity index is 3.49. The summed E-state index contributed by atoms with van der Waals surface area (Å²) in [5.74, 6) is -1.14. The second-order valence-corrected chi connectivity index (χ2v) is 6.76. The predicted octanol–water partition coefficient (Wildman–Crippen LogP) is 2.49. The van der Waals surface area contributed by atoms with Gasteiger partial charge < -0.3 is 5.11 Å². The molecule has 1 aromatic carbocycles. The van der Waals surface area contributed by atoms with Gasteiger partial charge in [0.15, 0.2) is 0 Å². The van der Waals surface area contributed by atoms with Gasteiger partial charge in [0.2, 0.25) is 10.0 Å². The summed E-state index contributed by atoms with van der Waals surface area (Å²) in [4.78, 5) is 11.1. The van der Waals surface area contributed by atoms with Crippen molar-refractivity contribution in [3.05, 3.63) is 27.7 Å². The third-order valence-electron chi connectivity index (χ3n) is 2.89. The first kappa shape index (κ1) is 16.1. The highest BCUT2D eigenvalue weighted by molar-refractivity contribution is 9.10. The molecular weight excluding hydrogens is 334 g/mol. The van der Waals surface area contributed by atoms with Gasteiger partial charge in [-0.15, -0.1) is 0 Å². The first-order valence-electron chi connectivity index (χ1n) is 5.79. The number of sulfonamides is 1. The van der Waals surface area contributed by atoms with Crippen LogP contribution in [0.1, 0.15) is 29.8 Å². The smallest absolute Gasteiger partial charge is 0.336 e. The van der Waals surface area contributed by atoms with Crippen LogP contribution in [0.5, 0.6) is 0 Å². The Morgan fingerprint density at radius 1 is 1.32 bits per heavy atom. The van der Waals surface area contributed by atoms with Crippen molar-refractivity contribution in [2.45, 2.75) is 25.7 Å². The van der Waals surface area contributed by atoms with E-state index in [9.17, 15) is 13.2 Å². The van der Waals surface area contributed by atoms with E-state index in [0.717, 1.165) is 0 Å². The molecule has 0 heterocycles. The maximum atomic E-state index is 12.3. The van der Waals surface area contributed by atoms with Crippen molar-refractivity contribution in [1.82, 2.24) is 4.31 Å². The molecule has 0 atom stereocenters. The summed E-state index contributed by atoms with van der Waals surface area (Å²) < 4.78 is 26.4. The Morgan fingerprint density at radius 3 is 2.26 bits per heavy atom. The second-order valence-electron chi connectivity index (χ2n) is 3.97. The summed E-state index contributed by atoms with van der Waals surface area (Å²) in [5.41, 5.74) is 0.492. The van der Waals surface area contributed by atoms with E-state index in [4.69, 9.17) is 5.11 Å². The SMILES string of the molecule is CCN(CC)S(=O)(=O)c1cc(Br)c(C)c(C(=O)O)c1. The van der Waals surface area contributed by atoms with E-state index in [1.54, 1.807) is 20.8 Å². The van der Waals surface area contributed by atoms with Crippen molar-refractivity contribution < 1.29 is 18.3 Å². The quantitative estimate of drug-likeness (QED) is 0.885. The van der Waals surface area contributed by atoms with Crippen LogP contribution in [0.3, 0.4) is 0 Å². The maximum absolute atomic E-state index is 12.3. The third kappa shape index (κ3) is 3.16. The van der Waals surface area contributed by atoms with Crippen LogP contribution in [0.15, 0.2) is 21.5 Å². The lowest BCUT2D eigenvalue weighted by Gasteiger charge is -2.19. The van der Waals surface area contributed by atoms with Gasteiger partial charge in [0.05, 0.1) is 10.5 Å². The number of carboxylic acids is 1. The number of aromatic carboxylic acids is 1. The van der Waals surface area contributed by atoms with Crippen molar-refractivity contribution in [3.8, 4) is 0 Å². The molecule has 0 fully saturated rings. The summed E-state index contributed by atoms with van der Waals surface area (Å²) in [7, 11) is -3.66. The summed E-state index contributed by atoms with van der Waals surface area (Å²) in [6, 6.07) is 2.64. The van der Waals surface area contributed by atoms with Crippen LogP contribution in [0, 0.1) is 6.92 Å². The first-order valence-corrected chi connectivity index (χ1v) is 8.02. The summed E-state index contributed by atoms with van der Waals surface area (Å²) in [6.07, 6.45) is 0. The monoisotopic (exact) mass is 349 g/mol. The molecule has 0 bridgehead atoms. The van der Waals surface area contributed by atoms with Gasteiger partial charge in [-0.25, -0.2) is 13.2 Å². The number of hydrogen-bond donors (Lipinski definition) is 1. The third-order valence-corrected chi connectivity index (χ3v) is 5.74. The lowest BCUT2D eigenvalue weighted by atomic mass is 10.1. The predicted molar refractivity (Wildman–Crippen MR) is 75.9 cm³/mol. The molecule has 1 aromatic rings. The summed E-state index contributed by atoms with van der Waals surface area (Å²) in [5, 5.41) is 9.10. The first-order chi connectivity index (χ1) is 8.75. The number of benzene rings is 1. The largest absolute Gasteiger partial charge is 0.478 e. The van der Waals surface area contributed by atoms with E-state index in [0.29, 0.717) is 23.1 Å². The topological polar surface area (TPSA) is 74.7 Å². The number of rotatable bonds is 5. The molecule has 1 N–H and O–H groups in total. The van der Waals surface area contributed by atoms with E-state index in [1.807, 2.05) is 0 Å². The summed E-state index contributed by atoms with van der Waals surface area (Å²) in [6.45, 7) is 5.78. The van der Waals surface area contributed by atoms with Gasteiger partial charge >= 0.3 is 5.97 Å². The average molecular weight is 350 g/mol. The number of halogens is 1. The molecule has 0 saturated heterocycles. The highest BCUT2D eigenvalue weighted by atomic mass is 79.9. The highest BCUT2D eigenvalue weighted by Crippen LogP contribution is 2.26. The molecule has 0 aromatic heterocycles. The molecule has 106 valence electrons. The fourth-order valence-electron chi connectivity index (χ4n) is 1.74. The Bertz CT molecular complexity index is 594. The molecular formula is C12H16BrNO4S. The molecule has 19 heavy (non-hydrogen) atoms. The fraction of sp³-hybridized carbons (Fsp3) is 0.417. The molecule has 5 nitrogen and oxygen atoms in total. The van der Waals surface area contributed by atoms with Crippen LogP contribution in [0.4, 0.5) is 0 Å². The van der Waals surface area contributed by atoms with E-state index < -0.39 is 16.0 Å². The Kier molecular flexibility index (Phi) is 5.11. The zero-order valence-corrected chi connectivity index (χ0v) is 13.4. The van der Waals surface area contributed by atoms with Gasteiger partial charge in [-0.05, 0) is 24.6 Å². The van der Waals surface area contributed by atoms with Crippen LogP contribution in [-0.2, 0) is 10.0 Å². The van der Waals surface area contributed by atoms with Crippen molar-refractivity contribution >= 4 is 31.9 Å². The normalized spacial score (nSPS) is 11.8. The van der Waals surface area contributed by atoms with E-state index in [2.05, 4.69) is 15.9 Å². The van der Waals surface area contributed by atoms with Gasteiger partial charge in [-0.3, -0.25) is 0 Å². The second kappa shape index (κ2) is 6.02. The molecule has 0 amide bonds. The maximum Gasteiger partial charge on any atom is 0.336 e. The van der Waals surface area contributed by atoms with E-state index in [1.165, 1.54) is 16.4 Å². The number of carboxylic acid groups (broad SMARTS) is 1. The van der Waals surface area contributed by atoms with Gasteiger partial charge in [0.25, 0.3) is 0 Å². The Labute approximate surface area is 121 Å². The minimum absolute atomic E-state index is 0.00826. The number of hydrogen-bond acceptors (Lipinski definition) is 3.